The number of nitrogens with one attached hydrogen (secondary N) is 1. The van der Waals surface area contributed by atoms with Crippen LogP contribution < -0.4 is 10.1 Å². The fourth-order valence-corrected chi connectivity index (χ4v) is 4.12. The summed E-state index contributed by atoms with van der Waals surface area (Å²) >= 11 is 0. The Labute approximate surface area is 168 Å². The third kappa shape index (κ3) is 6.10. The molecule has 2 aromatic rings. The van der Waals surface area contributed by atoms with E-state index in [1.165, 1.54) is 19.5 Å². The summed E-state index contributed by atoms with van der Waals surface area (Å²) in [4.78, 5) is 15.2. The summed E-state index contributed by atoms with van der Waals surface area (Å²) in [7, 11) is 0. The molecule has 0 radical (unpaired) electrons. The molecule has 150 valence electrons. The van der Waals surface area contributed by atoms with Crippen LogP contribution in [0.1, 0.15) is 42.6 Å². The predicted molar refractivity (Wildman–Crippen MR) is 114 cm³/mol. The summed E-state index contributed by atoms with van der Waals surface area (Å²) in [6.45, 7) is 9.16. The number of carbonyl (C=O) groups is 1. The molecule has 28 heavy (non-hydrogen) atoms. The van der Waals surface area contributed by atoms with Gasteiger partial charge in [-0.15, -0.1) is 0 Å². The number of ether oxygens (including phenoxy) is 1. The summed E-state index contributed by atoms with van der Waals surface area (Å²) in [6, 6.07) is 17.4. The third-order valence-electron chi connectivity index (χ3n) is 5.28. The van der Waals surface area contributed by atoms with Crippen LogP contribution in [-0.2, 0) is 6.61 Å². The van der Waals surface area contributed by atoms with Crippen molar-refractivity contribution in [2.24, 2.45) is 11.8 Å². The van der Waals surface area contributed by atoms with Crippen LogP contribution in [0.2, 0.25) is 0 Å². The topological polar surface area (TPSA) is 41.6 Å². The number of rotatable bonds is 8. The van der Waals surface area contributed by atoms with Crippen molar-refractivity contribution in [3.05, 3.63) is 65.7 Å². The Kier molecular flexibility index (Phi) is 7.49. The number of nitrogens with zero attached hydrogens (tertiary/aromatic N) is 1. The lowest BCUT2D eigenvalue weighted by Gasteiger charge is -2.34. The molecular formula is C24H32N2O2. The first-order valence-electron chi connectivity index (χ1n) is 10.4. The number of amides is 1. The van der Waals surface area contributed by atoms with E-state index in [1.807, 2.05) is 54.6 Å². The fraction of sp³-hybridized carbons (Fsp3) is 0.458. The zero-order valence-corrected chi connectivity index (χ0v) is 17.1. The van der Waals surface area contributed by atoms with Crippen LogP contribution in [0.5, 0.6) is 5.75 Å². The van der Waals surface area contributed by atoms with Crippen molar-refractivity contribution in [1.29, 1.82) is 0 Å². The molecular weight excluding hydrogens is 348 g/mol. The van der Waals surface area contributed by atoms with Crippen LogP contribution in [0.25, 0.3) is 0 Å². The Balaban J connectivity index is 1.46. The van der Waals surface area contributed by atoms with Crippen LogP contribution in [0.3, 0.4) is 0 Å². The van der Waals surface area contributed by atoms with Crippen molar-refractivity contribution in [1.82, 2.24) is 10.2 Å². The van der Waals surface area contributed by atoms with Crippen LogP contribution >= 0.6 is 0 Å². The van der Waals surface area contributed by atoms with E-state index in [2.05, 4.69) is 24.1 Å². The molecule has 4 nitrogen and oxygen atoms in total. The summed E-state index contributed by atoms with van der Waals surface area (Å²) in [5.74, 6) is 2.33. The summed E-state index contributed by atoms with van der Waals surface area (Å²) in [5, 5.41) is 3.08. The summed E-state index contributed by atoms with van der Waals surface area (Å²) in [5.41, 5.74) is 1.60. The average Bonchev–Trinajstić information content (AvgIpc) is 2.70. The minimum absolute atomic E-state index is 0.0207. The third-order valence-corrected chi connectivity index (χ3v) is 5.28. The van der Waals surface area contributed by atoms with Crippen LogP contribution in [-0.4, -0.2) is 37.0 Å². The predicted octanol–water partition coefficient (Wildman–Crippen LogP) is 4.36. The van der Waals surface area contributed by atoms with E-state index >= 15 is 0 Å². The van der Waals surface area contributed by atoms with E-state index in [0.717, 1.165) is 36.1 Å². The van der Waals surface area contributed by atoms with Crippen molar-refractivity contribution >= 4 is 5.91 Å². The highest BCUT2D eigenvalue weighted by molar-refractivity contribution is 5.95. The van der Waals surface area contributed by atoms with Gasteiger partial charge >= 0.3 is 0 Å². The highest BCUT2D eigenvalue weighted by Crippen LogP contribution is 2.20. The van der Waals surface area contributed by atoms with E-state index < -0.39 is 0 Å². The molecule has 0 spiro atoms. The van der Waals surface area contributed by atoms with Crippen molar-refractivity contribution in [2.45, 2.75) is 33.3 Å². The first-order valence-corrected chi connectivity index (χ1v) is 10.4. The molecule has 1 aliphatic rings. The van der Waals surface area contributed by atoms with Gasteiger partial charge in [0.1, 0.15) is 12.4 Å². The van der Waals surface area contributed by atoms with Crippen molar-refractivity contribution in [3.63, 3.8) is 0 Å². The molecule has 3 rings (SSSR count). The van der Waals surface area contributed by atoms with Crippen LogP contribution in [0, 0.1) is 11.8 Å². The minimum atomic E-state index is -0.0207. The zero-order chi connectivity index (χ0) is 19.8. The van der Waals surface area contributed by atoms with E-state index in [0.29, 0.717) is 18.7 Å². The molecule has 0 aliphatic carbocycles. The Morgan fingerprint density at radius 2 is 1.71 bits per heavy atom. The second-order valence-electron chi connectivity index (χ2n) is 8.07. The van der Waals surface area contributed by atoms with E-state index in [9.17, 15) is 4.79 Å². The normalized spacial score (nSPS) is 19.9. The lowest BCUT2D eigenvalue weighted by molar-refractivity contribution is 0.0945. The quantitative estimate of drug-likeness (QED) is 0.692. The van der Waals surface area contributed by atoms with Gasteiger partial charge in [-0.25, -0.2) is 0 Å². The molecule has 2 atom stereocenters. The Bertz CT molecular complexity index is 737. The van der Waals surface area contributed by atoms with Crippen LogP contribution in [0.4, 0.5) is 0 Å². The van der Waals surface area contributed by atoms with Crippen molar-refractivity contribution in [2.75, 3.05) is 26.2 Å². The van der Waals surface area contributed by atoms with Crippen LogP contribution in [0.15, 0.2) is 54.6 Å². The van der Waals surface area contributed by atoms with Gasteiger partial charge in [0.25, 0.3) is 5.91 Å². The second kappa shape index (κ2) is 10.3. The largest absolute Gasteiger partial charge is 0.489 e. The number of piperidine rings is 1. The van der Waals surface area contributed by atoms with Gasteiger partial charge in [0, 0.05) is 30.8 Å². The van der Waals surface area contributed by atoms with Crippen molar-refractivity contribution in [3.8, 4) is 5.75 Å². The monoisotopic (exact) mass is 380 g/mol. The fourth-order valence-electron chi connectivity index (χ4n) is 4.12. The van der Waals surface area contributed by atoms with Gasteiger partial charge in [0.2, 0.25) is 0 Å². The number of hydrogen-bond acceptors (Lipinski definition) is 3. The molecule has 2 aromatic carbocycles. The van der Waals surface area contributed by atoms with E-state index in [1.54, 1.807) is 0 Å². The standard InChI is InChI=1S/C24H32N2O2/c1-19-15-20(2)17-26(16-19)14-8-13-25-24(27)23-12-7-6-9-21(23)18-28-22-10-4-3-5-11-22/h3-7,9-12,19-20H,8,13-18H2,1-2H3,(H,25,27)/t19-,20+. The number of benzene rings is 2. The smallest absolute Gasteiger partial charge is 0.251 e. The molecule has 1 heterocycles. The Morgan fingerprint density at radius 1 is 1.04 bits per heavy atom. The molecule has 1 fully saturated rings. The molecule has 1 N–H and O–H groups in total. The average molecular weight is 381 g/mol. The maximum Gasteiger partial charge on any atom is 0.251 e. The molecule has 1 amide bonds. The maximum atomic E-state index is 12.7. The number of para-hydroxylation sites is 1. The molecule has 1 saturated heterocycles. The Hall–Kier alpha value is -2.33. The lowest BCUT2D eigenvalue weighted by atomic mass is 9.92. The maximum absolute atomic E-state index is 12.7. The molecule has 4 heteroatoms. The summed E-state index contributed by atoms with van der Waals surface area (Å²) in [6.07, 6.45) is 2.31. The second-order valence-corrected chi connectivity index (χ2v) is 8.07. The molecule has 0 saturated carbocycles. The van der Waals surface area contributed by atoms with Gasteiger partial charge in [0.05, 0.1) is 0 Å². The van der Waals surface area contributed by atoms with Gasteiger partial charge in [0.15, 0.2) is 0 Å². The van der Waals surface area contributed by atoms with Gasteiger partial charge < -0.3 is 15.0 Å². The first kappa shape index (κ1) is 20.4. The highest BCUT2D eigenvalue weighted by atomic mass is 16.5. The zero-order valence-electron chi connectivity index (χ0n) is 17.1. The molecule has 0 bridgehead atoms. The van der Waals surface area contributed by atoms with Gasteiger partial charge in [-0.1, -0.05) is 50.2 Å². The first-order chi connectivity index (χ1) is 13.6. The number of likely N-dealkylation sites (tertiary alicyclic amines) is 1. The van der Waals surface area contributed by atoms with Gasteiger partial charge in [-0.05, 0) is 49.4 Å². The summed E-state index contributed by atoms with van der Waals surface area (Å²) < 4.78 is 5.82. The van der Waals surface area contributed by atoms with E-state index in [4.69, 9.17) is 4.74 Å². The van der Waals surface area contributed by atoms with E-state index in [-0.39, 0.29) is 5.91 Å². The SMILES string of the molecule is C[C@@H]1C[C@H](C)CN(CCCNC(=O)c2ccccc2COc2ccccc2)C1. The molecule has 0 aromatic heterocycles. The number of hydrogen-bond donors (Lipinski definition) is 1. The Morgan fingerprint density at radius 3 is 2.46 bits per heavy atom. The van der Waals surface area contributed by atoms with Gasteiger partial charge in [-0.2, -0.15) is 0 Å². The molecule has 0 unspecified atom stereocenters. The van der Waals surface area contributed by atoms with Crippen molar-refractivity contribution < 1.29 is 9.53 Å². The number of carbonyl (C=O) groups excluding carboxylic acids is 1. The lowest BCUT2D eigenvalue weighted by Crippen LogP contribution is -2.40. The minimum Gasteiger partial charge on any atom is -0.489 e. The van der Waals surface area contributed by atoms with Gasteiger partial charge in [-0.3, -0.25) is 4.79 Å². The molecule has 1 aliphatic heterocycles. The highest BCUT2D eigenvalue weighted by Gasteiger charge is 2.21.